The fourth-order valence-corrected chi connectivity index (χ4v) is 2.33. The molecule has 6 heteroatoms. The number of nitrogens with zero attached hydrogens (tertiary/aromatic N) is 1. The van der Waals surface area contributed by atoms with E-state index in [2.05, 4.69) is 4.98 Å². The molecule has 1 N–H and O–H groups in total. The van der Waals surface area contributed by atoms with Crippen molar-refractivity contribution in [2.45, 2.75) is 58.3 Å². The molecule has 0 spiro atoms. The Labute approximate surface area is 125 Å². The second-order valence-electron chi connectivity index (χ2n) is 6.36. The van der Waals surface area contributed by atoms with E-state index in [1.54, 1.807) is 13.0 Å². The topological polar surface area (TPSA) is 51.6 Å². The largest absolute Gasteiger partial charge is 0.495 e. The highest BCUT2D eigenvalue weighted by Gasteiger charge is 2.51. The van der Waals surface area contributed by atoms with Crippen molar-refractivity contribution in [3.8, 4) is 0 Å². The Morgan fingerprint density at radius 3 is 2.30 bits per heavy atom. The van der Waals surface area contributed by atoms with Crippen LogP contribution in [0.2, 0.25) is 5.15 Å². The lowest BCUT2D eigenvalue weighted by atomic mass is 9.79. The van der Waals surface area contributed by atoms with Crippen molar-refractivity contribution in [3.63, 3.8) is 0 Å². The van der Waals surface area contributed by atoms with Gasteiger partial charge >= 0.3 is 7.12 Å². The summed E-state index contributed by atoms with van der Waals surface area (Å²) >= 11 is 6.05. The van der Waals surface area contributed by atoms with Crippen LogP contribution in [-0.4, -0.2) is 34.5 Å². The van der Waals surface area contributed by atoms with E-state index in [1.165, 1.54) is 0 Å². The lowest BCUT2D eigenvalue weighted by Gasteiger charge is -2.32. The maximum atomic E-state index is 9.47. The van der Waals surface area contributed by atoms with Crippen molar-refractivity contribution in [2.75, 3.05) is 0 Å². The van der Waals surface area contributed by atoms with Crippen LogP contribution in [0.25, 0.3) is 0 Å². The predicted octanol–water partition coefficient (Wildman–Crippen LogP) is 1.96. The van der Waals surface area contributed by atoms with E-state index in [0.717, 1.165) is 11.2 Å². The normalized spacial score (nSPS) is 22.1. The standard InChI is InChI=1S/C14H21BClNO3/c1-9(18)6-11-7-10(8-12(16)17-11)15-19-13(2,3)14(4,5)20-15/h7-9,18H,6H2,1-5H3. The third kappa shape index (κ3) is 3.17. The summed E-state index contributed by atoms with van der Waals surface area (Å²) in [6, 6.07) is 3.62. The Kier molecular flexibility index (Phi) is 4.18. The number of rotatable bonds is 3. The highest BCUT2D eigenvalue weighted by atomic mass is 35.5. The van der Waals surface area contributed by atoms with Gasteiger partial charge in [-0.1, -0.05) is 11.6 Å². The number of pyridine rings is 1. The van der Waals surface area contributed by atoms with Crippen molar-refractivity contribution in [2.24, 2.45) is 0 Å². The second-order valence-corrected chi connectivity index (χ2v) is 6.74. The summed E-state index contributed by atoms with van der Waals surface area (Å²) in [5.74, 6) is 0. The molecule has 1 aliphatic rings. The van der Waals surface area contributed by atoms with Crippen molar-refractivity contribution in [3.05, 3.63) is 23.0 Å². The Balaban J connectivity index is 2.28. The lowest BCUT2D eigenvalue weighted by molar-refractivity contribution is 0.00578. The van der Waals surface area contributed by atoms with Gasteiger partial charge in [-0.3, -0.25) is 0 Å². The van der Waals surface area contributed by atoms with Crippen LogP contribution in [0.3, 0.4) is 0 Å². The molecular weight excluding hydrogens is 276 g/mol. The zero-order chi connectivity index (χ0) is 15.1. The molecule has 1 aliphatic heterocycles. The van der Waals surface area contributed by atoms with Gasteiger partial charge in [-0.05, 0) is 52.2 Å². The molecule has 0 amide bonds. The zero-order valence-electron chi connectivity index (χ0n) is 12.6. The summed E-state index contributed by atoms with van der Waals surface area (Å²) in [7, 11) is -0.465. The van der Waals surface area contributed by atoms with E-state index in [0.29, 0.717) is 11.6 Å². The fourth-order valence-electron chi connectivity index (χ4n) is 2.10. The van der Waals surface area contributed by atoms with Crippen molar-refractivity contribution < 1.29 is 14.4 Å². The van der Waals surface area contributed by atoms with Gasteiger partial charge in [0.2, 0.25) is 0 Å². The average molecular weight is 298 g/mol. The van der Waals surface area contributed by atoms with Crippen molar-refractivity contribution in [1.82, 2.24) is 4.98 Å². The average Bonchev–Trinajstić information content (AvgIpc) is 2.46. The Morgan fingerprint density at radius 2 is 1.80 bits per heavy atom. The van der Waals surface area contributed by atoms with Crippen LogP contribution >= 0.6 is 11.6 Å². The quantitative estimate of drug-likeness (QED) is 0.684. The second kappa shape index (κ2) is 5.30. The molecule has 0 aliphatic carbocycles. The monoisotopic (exact) mass is 297 g/mol. The van der Waals surface area contributed by atoms with Gasteiger partial charge in [0.1, 0.15) is 5.15 Å². The van der Waals surface area contributed by atoms with Crippen LogP contribution in [0.5, 0.6) is 0 Å². The predicted molar refractivity (Wildman–Crippen MR) is 80.3 cm³/mol. The molecule has 2 rings (SSSR count). The first-order valence-corrected chi connectivity index (χ1v) is 7.18. The molecule has 0 aromatic carbocycles. The molecule has 1 aromatic rings. The van der Waals surface area contributed by atoms with E-state index >= 15 is 0 Å². The number of halogens is 1. The number of aromatic nitrogens is 1. The maximum absolute atomic E-state index is 9.47. The molecule has 0 radical (unpaired) electrons. The lowest BCUT2D eigenvalue weighted by Crippen LogP contribution is -2.41. The molecule has 1 saturated heterocycles. The molecule has 20 heavy (non-hydrogen) atoms. The van der Waals surface area contributed by atoms with Gasteiger partial charge in [-0.2, -0.15) is 0 Å². The van der Waals surface area contributed by atoms with Gasteiger partial charge in [-0.25, -0.2) is 4.98 Å². The SMILES string of the molecule is CC(O)Cc1cc(B2OC(C)(C)C(C)(C)O2)cc(Cl)n1. The van der Waals surface area contributed by atoms with E-state index in [9.17, 15) is 5.11 Å². The number of hydrogen-bond donors (Lipinski definition) is 1. The van der Waals surface area contributed by atoms with Crippen LogP contribution in [0.15, 0.2) is 12.1 Å². The minimum Gasteiger partial charge on any atom is -0.399 e. The summed E-state index contributed by atoms with van der Waals surface area (Å²) in [5.41, 5.74) is 0.784. The summed E-state index contributed by atoms with van der Waals surface area (Å²) in [6.45, 7) is 9.75. The molecule has 4 nitrogen and oxygen atoms in total. The molecule has 0 saturated carbocycles. The van der Waals surface area contributed by atoms with Gasteiger partial charge in [0.05, 0.1) is 17.3 Å². The van der Waals surface area contributed by atoms with Crippen LogP contribution in [0.4, 0.5) is 0 Å². The molecule has 0 bridgehead atoms. The number of aliphatic hydroxyl groups is 1. The van der Waals surface area contributed by atoms with Crippen LogP contribution < -0.4 is 5.46 Å². The highest BCUT2D eigenvalue weighted by molar-refractivity contribution is 6.62. The number of aliphatic hydroxyl groups excluding tert-OH is 1. The molecule has 1 fully saturated rings. The summed E-state index contributed by atoms with van der Waals surface area (Å²) in [4.78, 5) is 4.21. The van der Waals surface area contributed by atoms with Gasteiger partial charge in [0.15, 0.2) is 0 Å². The van der Waals surface area contributed by atoms with Crippen molar-refractivity contribution in [1.29, 1.82) is 0 Å². The Bertz CT molecular complexity index is 489. The van der Waals surface area contributed by atoms with Crippen molar-refractivity contribution >= 4 is 24.2 Å². The highest BCUT2D eigenvalue weighted by Crippen LogP contribution is 2.36. The third-order valence-electron chi connectivity index (χ3n) is 3.90. The summed E-state index contributed by atoms with van der Waals surface area (Å²) in [5, 5.41) is 9.86. The van der Waals surface area contributed by atoms with E-state index in [1.807, 2.05) is 33.8 Å². The first-order valence-electron chi connectivity index (χ1n) is 6.81. The minimum atomic E-state index is -0.466. The minimum absolute atomic E-state index is 0.382. The molecule has 1 unspecified atom stereocenters. The Hall–Kier alpha value is -0.615. The van der Waals surface area contributed by atoms with E-state index < -0.39 is 24.4 Å². The van der Waals surface area contributed by atoms with Gasteiger partial charge in [-0.15, -0.1) is 0 Å². The third-order valence-corrected chi connectivity index (χ3v) is 4.09. The van der Waals surface area contributed by atoms with Crippen LogP contribution in [0, 0.1) is 0 Å². The first-order chi connectivity index (χ1) is 9.10. The smallest absolute Gasteiger partial charge is 0.399 e. The summed E-state index contributed by atoms with van der Waals surface area (Å²) in [6.07, 6.45) is -0.0142. The molecular formula is C14H21BClNO3. The maximum Gasteiger partial charge on any atom is 0.495 e. The van der Waals surface area contributed by atoms with E-state index in [-0.39, 0.29) is 0 Å². The van der Waals surface area contributed by atoms with Crippen LogP contribution in [0.1, 0.15) is 40.3 Å². The van der Waals surface area contributed by atoms with Gasteiger partial charge < -0.3 is 14.4 Å². The summed E-state index contributed by atoms with van der Waals surface area (Å²) < 4.78 is 12.0. The number of hydrogen-bond acceptors (Lipinski definition) is 4. The fraction of sp³-hybridized carbons (Fsp3) is 0.643. The van der Waals surface area contributed by atoms with Gasteiger partial charge in [0, 0.05) is 12.1 Å². The molecule has 1 aromatic heterocycles. The molecule has 1 atom stereocenters. The van der Waals surface area contributed by atoms with E-state index in [4.69, 9.17) is 20.9 Å². The molecule has 110 valence electrons. The molecule has 2 heterocycles. The zero-order valence-corrected chi connectivity index (χ0v) is 13.4. The van der Waals surface area contributed by atoms with Gasteiger partial charge in [0.25, 0.3) is 0 Å². The first kappa shape index (κ1) is 15.8. The Morgan fingerprint density at radius 1 is 1.25 bits per heavy atom. The van der Waals surface area contributed by atoms with Crippen LogP contribution in [-0.2, 0) is 15.7 Å².